The number of thiazole rings is 1. The van der Waals surface area contributed by atoms with E-state index in [0.717, 1.165) is 48.6 Å². The Hall–Kier alpha value is -1.69. The number of para-hydroxylation sites is 1. The number of carbonyl (C=O) groups excluding carboxylic acids is 1. The van der Waals surface area contributed by atoms with Gasteiger partial charge in [0.15, 0.2) is 5.13 Å². The van der Waals surface area contributed by atoms with Crippen molar-refractivity contribution in [3.8, 4) is 0 Å². The number of nitrogens with zero attached hydrogens (tertiary/aromatic N) is 2. The van der Waals surface area contributed by atoms with Crippen molar-refractivity contribution in [1.29, 1.82) is 0 Å². The number of aromatic nitrogens is 1. The maximum absolute atomic E-state index is 13.8. The molecule has 1 amide bonds. The van der Waals surface area contributed by atoms with Crippen LogP contribution in [0.15, 0.2) is 18.2 Å². The normalized spacial score (nSPS) is 18.3. The molecule has 1 N–H and O–H groups in total. The van der Waals surface area contributed by atoms with Crippen LogP contribution in [-0.4, -0.2) is 30.5 Å². The van der Waals surface area contributed by atoms with Crippen LogP contribution in [0.3, 0.4) is 0 Å². The van der Waals surface area contributed by atoms with Crippen LogP contribution in [0.4, 0.5) is 9.52 Å². The number of carbonyl (C=O) groups is 1. The van der Waals surface area contributed by atoms with E-state index >= 15 is 0 Å². The predicted octanol–water partition coefficient (Wildman–Crippen LogP) is 3.57. The number of rotatable bonds is 5. The summed E-state index contributed by atoms with van der Waals surface area (Å²) in [4.78, 5) is 18.8. The Morgan fingerprint density at radius 2 is 2.39 bits per heavy atom. The largest absolute Gasteiger partial charge is 0.356 e. The molecule has 1 atom stereocenters. The van der Waals surface area contributed by atoms with Crippen LogP contribution in [0.1, 0.15) is 32.6 Å². The van der Waals surface area contributed by atoms with Crippen LogP contribution in [0, 0.1) is 11.7 Å². The van der Waals surface area contributed by atoms with Gasteiger partial charge in [0.05, 0.1) is 10.6 Å². The number of anilines is 1. The maximum atomic E-state index is 13.8. The molecule has 0 spiro atoms. The molecule has 1 aliphatic rings. The smallest absolute Gasteiger partial charge is 0.224 e. The average Bonchev–Trinajstić information content (AvgIpc) is 3.01. The van der Waals surface area contributed by atoms with Gasteiger partial charge in [0.1, 0.15) is 11.3 Å². The first-order valence-electron chi connectivity index (χ1n) is 8.26. The maximum Gasteiger partial charge on any atom is 0.224 e. The zero-order valence-electron chi connectivity index (χ0n) is 13.3. The van der Waals surface area contributed by atoms with Gasteiger partial charge in [-0.1, -0.05) is 30.7 Å². The number of benzene rings is 1. The number of hydrogen-bond acceptors (Lipinski definition) is 4. The highest BCUT2D eigenvalue weighted by atomic mass is 32.1. The third-order valence-corrected chi connectivity index (χ3v) is 5.33. The van der Waals surface area contributed by atoms with E-state index in [-0.39, 0.29) is 17.6 Å². The van der Waals surface area contributed by atoms with Crippen LogP contribution in [0.25, 0.3) is 10.2 Å². The van der Waals surface area contributed by atoms with E-state index < -0.39 is 0 Å². The highest BCUT2D eigenvalue weighted by Crippen LogP contribution is 2.32. The standard InChI is InChI=1S/C17H22FN3OS/c1-2-3-9-19-16(22)12-6-5-10-21(11-12)17-20-15-13(18)7-4-8-14(15)23-17/h4,7-8,12H,2-3,5-6,9-11H2,1H3,(H,19,22). The molecule has 1 fully saturated rings. The average molecular weight is 335 g/mol. The highest BCUT2D eigenvalue weighted by molar-refractivity contribution is 7.22. The van der Waals surface area contributed by atoms with E-state index in [2.05, 4.69) is 22.1 Å². The van der Waals surface area contributed by atoms with Gasteiger partial charge in [-0.05, 0) is 31.4 Å². The third-order valence-electron chi connectivity index (χ3n) is 4.25. The highest BCUT2D eigenvalue weighted by Gasteiger charge is 2.27. The van der Waals surface area contributed by atoms with Gasteiger partial charge < -0.3 is 10.2 Å². The Morgan fingerprint density at radius 3 is 3.17 bits per heavy atom. The zero-order chi connectivity index (χ0) is 16.2. The molecule has 0 saturated carbocycles. The summed E-state index contributed by atoms with van der Waals surface area (Å²) >= 11 is 1.50. The summed E-state index contributed by atoms with van der Waals surface area (Å²) in [7, 11) is 0. The molecular weight excluding hydrogens is 313 g/mol. The van der Waals surface area contributed by atoms with Crippen molar-refractivity contribution in [2.45, 2.75) is 32.6 Å². The summed E-state index contributed by atoms with van der Waals surface area (Å²) in [5.74, 6) is -0.149. The minimum absolute atomic E-state index is 0.00235. The fourth-order valence-corrected chi connectivity index (χ4v) is 3.95. The lowest BCUT2D eigenvalue weighted by molar-refractivity contribution is -0.125. The molecule has 0 bridgehead atoms. The summed E-state index contributed by atoms with van der Waals surface area (Å²) in [5.41, 5.74) is 0.432. The topological polar surface area (TPSA) is 45.2 Å². The number of unbranched alkanes of at least 4 members (excludes halogenated alkanes) is 1. The molecule has 1 aromatic heterocycles. The summed E-state index contributed by atoms with van der Waals surface area (Å²) < 4.78 is 14.7. The molecule has 4 nitrogen and oxygen atoms in total. The molecule has 1 unspecified atom stereocenters. The summed E-state index contributed by atoms with van der Waals surface area (Å²) in [6, 6.07) is 5.03. The minimum Gasteiger partial charge on any atom is -0.356 e. The number of fused-ring (bicyclic) bond motifs is 1. The molecule has 0 aliphatic carbocycles. The van der Waals surface area contributed by atoms with E-state index in [1.54, 1.807) is 6.07 Å². The molecule has 1 saturated heterocycles. The molecule has 23 heavy (non-hydrogen) atoms. The van der Waals surface area contributed by atoms with Gasteiger partial charge in [-0.2, -0.15) is 0 Å². The van der Waals surface area contributed by atoms with Gasteiger partial charge in [-0.25, -0.2) is 9.37 Å². The van der Waals surface area contributed by atoms with E-state index in [4.69, 9.17) is 0 Å². The molecule has 6 heteroatoms. The van der Waals surface area contributed by atoms with E-state index in [9.17, 15) is 9.18 Å². The van der Waals surface area contributed by atoms with Gasteiger partial charge in [-0.3, -0.25) is 4.79 Å². The lowest BCUT2D eigenvalue weighted by Crippen LogP contribution is -2.43. The van der Waals surface area contributed by atoms with Crippen molar-refractivity contribution in [3.05, 3.63) is 24.0 Å². The molecule has 3 rings (SSSR count). The van der Waals surface area contributed by atoms with Gasteiger partial charge in [0.25, 0.3) is 0 Å². The molecular formula is C17H22FN3OS. The SMILES string of the molecule is CCCCNC(=O)C1CCCN(c2nc3c(F)cccc3s2)C1. The molecule has 0 radical (unpaired) electrons. The van der Waals surface area contributed by atoms with Crippen molar-refractivity contribution in [3.63, 3.8) is 0 Å². The van der Waals surface area contributed by atoms with Crippen LogP contribution in [0.5, 0.6) is 0 Å². The first kappa shape index (κ1) is 16.2. The van der Waals surface area contributed by atoms with Crippen LogP contribution in [0.2, 0.25) is 0 Å². The summed E-state index contributed by atoms with van der Waals surface area (Å²) in [6.45, 7) is 4.40. The first-order valence-corrected chi connectivity index (χ1v) is 9.08. The van der Waals surface area contributed by atoms with Crippen molar-refractivity contribution in [1.82, 2.24) is 10.3 Å². The van der Waals surface area contributed by atoms with Crippen LogP contribution in [-0.2, 0) is 4.79 Å². The molecule has 1 aromatic carbocycles. The van der Waals surface area contributed by atoms with Gasteiger partial charge in [0.2, 0.25) is 5.91 Å². The Labute approximate surface area is 139 Å². The van der Waals surface area contributed by atoms with Crippen molar-refractivity contribution in [2.24, 2.45) is 5.92 Å². The van der Waals surface area contributed by atoms with Crippen LogP contribution < -0.4 is 10.2 Å². The van der Waals surface area contributed by atoms with Crippen molar-refractivity contribution < 1.29 is 9.18 Å². The fourth-order valence-electron chi connectivity index (χ4n) is 2.94. The monoisotopic (exact) mass is 335 g/mol. The fraction of sp³-hybridized carbons (Fsp3) is 0.529. The van der Waals surface area contributed by atoms with Crippen molar-refractivity contribution in [2.75, 3.05) is 24.5 Å². The second-order valence-corrected chi connectivity index (χ2v) is 7.02. The second kappa shape index (κ2) is 7.25. The number of piperidine rings is 1. The molecule has 2 heterocycles. The predicted molar refractivity (Wildman–Crippen MR) is 92.4 cm³/mol. The Balaban J connectivity index is 1.70. The Morgan fingerprint density at radius 1 is 1.52 bits per heavy atom. The minimum atomic E-state index is -0.282. The second-order valence-electron chi connectivity index (χ2n) is 6.01. The number of hydrogen-bond donors (Lipinski definition) is 1. The Bertz CT molecular complexity index is 688. The van der Waals surface area contributed by atoms with E-state index in [0.29, 0.717) is 12.1 Å². The van der Waals surface area contributed by atoms with Gasteiger partial charge in [-0.15, -0.1) is 0 Å². The number of amides is 1. The molecule has 1 aliphatic heterocycles. The summed E-state index contributed by atoms with van der Waals surface area (Å²) in [5, 5.41) is 3.83. The molecule has 2 aromatic rings. The number of halogens is 1. The Kier molecular flexibility index (Phi) is 5.10. The third kappa shape index (κ3) is 3.63. The van der Waals surface area contributed by atoms with Crippen molar-refractivity contribution >= 4 is 32.6 Å². The van der Waals surface area contributed by atoms with Crippen LogP contribution >= 0.6 is 11.3 Å². The first-order chi connectivity index (χ1) is 11.2. The lowest BCUT2D eigenvalue weighted by atomic mass is 9.97. The number of nitrogens with one attached hydrogen (secondary N) is 1. The lowest BCUT2D eigenvalue weighted by Gasteiger charge is -2.31. The zero-order valence-corrected chi connectivity index (χ0v) is 14.2. The van der Waals surface area contributed by atoms with Gasteiger partial charge >= 0.3 is 0 Å². The molecule has 124 valence electrons. The van der Waals surface area contributed by atoms with E-state index in [1.807, 2.05) is 6.07 Å². The van der Waals surface area contributed by atoms with Gasteiger partial charge in [0, 0.05) is 19.6 Å². The van der Waals surface area contributed by atoms with E-state index in [1.165, 1.54) is 17.4 Å². The quantitative estimate of drug-likeness (QED) is 0.850. The summed E-state index contributed by atoms with van der Waals surface area (Å²) in [6.07, 6.45) is 3.96.